The van der Waals surface area contributed by atoms with Gasteiger partial charge in [0.2, 0.25) is 0 Å². The molecule has 3 rings (SSSR count). The summed E-state index contributed by atoms with van der Waals surface area (Å²) in [5, 5.41) is 0. The molecule has 0 saturated carbocycles. The van der Waals surface area contributed by atoms with Gasteiger partial charge in [-0.25, -0.2) is 0 Å². The molecule has 4 heteroatoms. The Balaban J connectivity index is 2.07. The van der Waals surface area contributed by atoms with E-state index in [1.807, 2.05) is 6.07 Å². The molecule has 1 aliphatic heterocycles. The van der Waals surface area contributed by atoms with E-state index >= 15 is 0 Å². The van der Waals surface area contributed by atoms with Gasteiger partial charge in [0.1, 0.15) is 13.2 Å². The van der Waals surface area contributed by atoms with E-state index in [-0.39, 0.29) is 4.83 Å². The fourth-order valence-electron chi connectivity index (χ4n) is 2.66. The minimum atomic E-state index is 0.115. The Bertz CT molecular complexity index is 662. The molecule has 0 saturated heterocycles. The standard InChI is InChI=1S/C17H16Br2O2/c1-10-4-3-5-11(2)16(10)17(19)12-8-14-15(9-13(12)18)21-7-6-20-14/h3-5,8-9,17H,6-7H2,1-2H3. The molecule has 1 atom stereocenters. The topological polar surface area (TPSA) is 18.5 Å². The molecular formula is C17H16Br2O2. The minimum absolute atomic E-state index is 0.115. The molecule has 1 unspecified atom stereocenters. The van der Waals surface area contributed by atoms with Crippen LogP contribution in [0.4, 0.5) is 0 Å². The van der Waals surface area contributed by atoms with Crippen molar-refractivity contribution in [3.63, 3.8) is 0 Å². The van der Waals surface area contributed by atoms with Crippen molar-refractivity contribution < 1.29 is 9.47 Å². The molecule has 0 spiro atoms. The second kappa shape index (κ2) is 6.01. The van der Waals surface area contributed by atoms with E-state index in [0.29, 0.717) is 13.2 Å². The van der Waals surface area contributed by atoms with Gasteiger partial charge in [0.15, 0.2) is 11.5 Å². The first-order valence-electron chi connectivity index (χ1n) is 6.87. The van der Waals surface area contributed by atoms with Gasteiger partial charge in [0.05, 0.1) is 4.83 Å². The third-order valence-electron chi connectivity index (χ3n) is 3.73. The molecule has 2 aromatic carbocycles. The van der Waals surface area contributed by atoms with Crippen LogP contribution in [-0.2, 0) is 0 Å². The van der Waals surface area contributed by atoms with Gasteiger partial charge >= 0.3 is 0 Å². The SMILES string of the molecule is Cc1cccc(C)c1C(Br)c1cc2c(cc1Br)OCCO2. The summed E-state index contributed by atoms with van der Waals surface area (Å²) < 4.78 is 12.3. The molecule has 0 fully saturated rings. The van der Waals surface area contributed by atoms with Gasteiger partial charge in [0.25, 0.3) is 0 Å². The van der Waals surface area contributed by atoms with Crippen molar-refractivity contribution in [1.29, 1.82) is 0 Å². The van der Waals surface area contributed by atoms with Crippen molar-refractivity contribution in [2.75, 3.05) is 13.2 Å². The molecule has 0 N–H and O–H groups in total. The van der Waals surface area contributed by atoms with Crippen molar-refractivity contribution in [3.05, 3.63) is 57.1 Å². The molecule has 0 amide bonds. The molecule has 2 nitrogen and oxygen atoms in total. The number of ether oxygens (including phenoxy) is 2. The lowest BCUT2D eigenvalue weighted by molar-refractivity contribution is 0.171. The Morgan fingerprint density at radius 2 is 1.57 bits per heavy atom. The van der Waals surface area contributed by atoms with Crippen molar-refractivity contribution in [1.82, 2.24) is 0 Å². The summed E-state index contributed by atoms with van der Waals surface area (Å²) >= 11 is 7.50. The highest BCUT2D eigenvalue weighted by molar-refractivity contribution is 9.11. The largest absolute Gasteiger partial charge is 0.486 e. The van der Waals surface area contributed by atoms with Crippen LogP contribution >= 0.6 is 31.9 Å². The quantitative estimate of drug-likeness (QED) is 0.622. The lowest BCUT2D eigenvalue weighted by Crippen LogP contribution is -2.15. The predicted octanol–water partition coefficient (Wildman–Crippen LogP) is 5.32. The normalized spacial score (nSPS) is 14.9. The predicted molar refractivity (Wildman–Crippen MR) is 91.8 cm³/mol. The molecule has 2 aromatic rings. The average Bonchev–Trinajstić information content (AvgIpc) is 2.46. The molecule has 0 bridgehead atoms. The lowest BCUT2D eigenvalue weighted by Gasteiger charge is -2.23. The fourth-order valence-corrected chi connectivity index (χ4v) is 4.62. The molecule has 0 aliphatic carbocycles. The molecule has 0 radical (unpaired) electrons. The summed E-state index contributed by atoms with van der Waals surface area (Å²) in [5.74, 6) is 1.62. The first-order valence-corrected chi connectivity index (χ1v) is 8.58. The van der Waals surface area contributed by atoms with Gasteiger partial charge in [-0.05, 0) is 48.2 Å². The van der Waals surface area contributed by atoms with Gasteiger partial charge < -0.3 is 9.47 Å². The molecular weight excluding hydrogens is 396 g/mol. The Hall–Kier alpha value is -1.00. The lowest BCUT2D eigenvalue weighted by atomic mass is 9.96. The zero-order chi connectivity index (χ0) is 15.0. The second-order valence-electron chi connectivity index (χ2n) is 5.19. The van der Waals surface area contributed by atoms with E-state index in [4.69, 9.17) is 9.47 Å². The number of halogens is 2. The number of hydrogen-bond acceptors (Lipinski definition) is 2. The highest BCUT2D eigenvalue weighted by atomic mass is 79.9. The maximum atomic E-state index is 5.70. The minimum Gasteiger partial charge on any atom is -0.486 e. The highest BCUT2D eigenvalue weighted by Crippen LogP contribution is 2.43. The van der Waals surface area contributed by atoms with E-state index in [0.717, 1.165) is 21.5 Å². The number of benzene rings is 2. The number of fused-ring (bicyclic) bond motifs is 1. The number of aryl methyl sites for hydroxylation is 2. The fraction of sp³-hybridized carbons (Fsp3) is 0.294. The van der Waals surface area contributed by atoms with Crippen molar-refractivity contribution in [2.45, 2.75) is 18.7 Å². The third kappa shape index (κ3) is 2.84. The van der Waals surface area contributed by atoms with Crippen molar-refractivity contribution >= 4 is 31.9 Å². The van der Waals surface area contributed by atoms with Crippen LogP contribution in [0.3, 0.4) is 0 Å². The van der Waals surface area contributed by atoms with Gasteiger partial charge in [0, 0.05) is 4.47 Å². The summed E-state index contributed by atoms with van der Waals surface area (Å²) in [6.45, 7) is 5.49. The van der Waals surface area contributed by atoms with Crippen LogP contribution < -0.4 is 9.47 Å². The van der Waals surface area contributed by atoms with Crippen molar-refractivity contribution in [3.8, 4) is 11.5 Å². The van der Waals surface area contributed by atoms with E-state index in [1.165, 1.54) is 16.7 Å². The van der Waals surface area contributed by atoms with Crippen molar-refractivity contribution in [2.24, 2.45) is 0 Å². The molecule has 110 valence electrons. The Morgan fingerprint density at radius 3 is 2.19 bits per heavy atom. The maximum Gasteiger partial charge on any atom is 0.162 e. The van der Waals surface area contributed by atoms with Gasteiger partial charge in [-0.15, -0.1) is 0 Å². The van der Waals surface area contributed by atoms with Gasteiger partial charge in [-0.1, -0.05) is 50.1 Å². The zero-order valence-electron chi connectivity index (χ0n) is 12.0. The first kappa shape index (κ1) is 14.9. The smallest absolute Gasteiger partial charge is 0.162 e. The van der Waals surface area contributed by atoms with E-state index < -0.39 is 0 Å². The van der Waals surface area contributed by atoms with Crippen LogP contribution in [0.2, 0.25) is 0 Å². The highest BCUT2D eigenvalue weighted by Gasteiger charge is 2.22. The monoisotopic (exact) mass is 410 g/mol. The van der Waals surface area contributed by atoms with Crippen LogP contribution in [0, 0.1) is 13.8 Å². The summed E-state index contributed by atoms with van der Waals surface area (Å²) in [6.07, 6.45) is 0. The van der Waals surface area contributed by atoms with Crippen LogP contribution in [0.5, 0.6) is 11.5 Å². The van der Waals surface area contributed by atoms with E-state index in [1.54, 1.807) is 0 Å². The van der Waals surface area contributed by atoms with Crippen LogP contribution in [-0.4, -0.2) is 13.2 Å². The third-order valence-corrected chi connectivity index (χ3v) is 5.37. The Morgan fingerprint density at radius 1 is 1.00 bits per heavy atom. The first-order chi connectivity index (χ1) is 10.1. The summed E-state index contributed by atoms with van der Waals surface area (Å²) in [5.41, 5.74) is 5.00. The summed E-state index contributed by atoms with van der Waals surface area (Å²) in [7, 11) is 0. The van der Waals surface area contributed by atoms with E-state index in [2.05, 4.69) is 70.0 Å². The van der Waals surface area contributed by atoms with Gasteiger partial charge in [-0.3, -0.25) is 0 Å². The number of alkyl halides is 1. The maximum absolute atomic E-state index is 5.70. The second-order valence-corrected chi connectivity index (χ2v) is 6.96. The summed E-state index contributed by atoms with van der Waals surface area (Å²) in [6, 6.07) is 10.4. The number of rotatable bonds is 2. The van der Waals surface area contributed by atoms with Gasteiger partial charge in [-0.2, -0.15) is 0 Å². The molecule has 0 aromatic heterocycles. The number of hydrogen-bond donors (Lipinski definition) is 0. The Kier molecular flexibility index (Phi) is 4.27. The van der Waals surface area contributed by atoms with E-state index in [9.17, 15) is 0 Å². The average molecular weight is 412 g/mol. The molecule has 1 aliphatic rings. The molecule has 1 heterocycles. The Labute approximate surface area is 141 Å². The van der Waals surface area contributed by atoms with Crippen LogP contribution in [0.1, 0.15) is 27.1 Å². The van der Waals surface area contributed by atoms with Crippen LogP contribution in [0.25, 0.3) is 0 Å². The van der Waals surface area contributed by atoms with Crippen LogP contribution in [0.15, 0.2) is 34.8 Å². The summed E-state index contributed by atoms with van der Waals surface area (Å²) in [4.78, 5) is 0.115. The zero-order valence-corrected chi connectivity index (χ0v) is 15.1. The molecule has 21 heavy (non-hydrogen) atoms.